The minimum Gasteiger partial charge on any atom is -0.377 e. The van der Waals surface area contributed by atoms with Crippen LogP contribution in [0, 0.1) is 5.82 Å². The topological polar surface area (TPSA) is 63.1 Å². The van der Waals surface area contributed by atoms with E-state index in [2.05, 4.69) is 15.5 Å². The number of rotatable bonds is 6. The van der Waals surface area contributed by atoms with E-state index in [-0.39, 0.29) is 18.3 Å². The van der Waals surface area contributed by atoms with Crippen molar-refractivity contribution >= 4 is 29.1 Å². The summed E-state index contributed by atoms with van der Waals surface area (Å²) in [7, 11) is 0. The van der Waals surface area contributed by atoms with Gasteiger partial charge in [-0.25, -0.2) is 4.39 Å². The quantitative estimate of drug-likeness (QED) is 0.498. The molecule has 0 bridgehead atoms. The van der Waals surface area contributed by atoms with E-state index in [1.54, 1.807) is 12.1 Å². The molecule has 0 aliphatic carbocycles. The highest BCUT2D eigenvalue weighted by molar-refractivity contribution is 8.15. The zero-order chi connectivity index (χ0) is 15.1. The molecule has 1 N–H and O–H groups in total. The van der Waals surface area contributed by atoms with E-state index < -0.39 is 0 Å². The average molecular weight is 309 g/mol. The molecule has 1 amide bonds. The zero-order valence-corrected chi connectivity index (χ0v) is 12.5. The van der Waals surface area contributed by atoms with Gasteiger partial charge in [-0.1, -0.05) is 30.8 Å². The van der Waals surface area contributed by atoms with Gasteiger partial charge in [-0.15, -0.1) is 5.10 Å². The molecule has 0 radical (unpaired) electrons. The van der Waals surface area contributed by atoms with E-state index in [4.69, 9.17) is 4.74 Å². The molecule has 0 atom stereocenters. The van der Waals surface area contributed by atoms with Crippen molar-refractivity contribution < 1.29 is 13.9 Å². The molecule has 1 heterocycles. The molecule has 21 heavy (non-hydrogen) atoms. The van der Waals surface area contributed by atoms with Crippen molar-refractivity contribution in [3.8, 4) is 0 Å². The molecule has 1 aromatic rings. The first-order valence-electron chi connectivity index (χ1n) is 6.59. The smallest absolute Gasteiger partial charge is 0.236 e. The van der Waals surface area contributed by atoms with Gasteiger partial charge in [0.25, 0.3) is 0 Å². The van der Waals surface area contributed by atoms with Gasteiger partial charge in [-0.05, 0) is 18.1 Å². The number of halogens is 1. The first kappa shape index (κ1) is 15.7. The number of amides is 1. The van der Waals surface area contributed by atoms with E-state index in [1.165, 1.54) is 24.0 Å². The normalized spacial score (nSPS) is 16.9. The third-order valence-corrected chi connectivity index (χ3v) is 3.49. The highest BCUT2D eigenvalue weighted by Gasteiger charge is 2.15. The fourth-order valence-electron chi connectivity index (χ4n) is 1.61. The summed E-state index contributed by atoms with van der Waals surface area (Å²) in [6, 6.07) is 4.80. The van der Waals surface area contributed by atoms with Crippen molar-refractivity contribution in [1.29, 1.82) is 0 Å². The average Bonchev–Trinajstić information content (AvgIpc) is 2.87. The molecule has 0 saturated carbocycles. The Balaban J connectivity index is 1.95. The van der Waals surface area contributed by atoms with E-state index in [9.17, 15) is 9.18 Å². The van der Waals surface area contributed by atoms with Crippen LogP contribution in [-0.4, -0.2) is 29.6 Å². The molecule has 1 aromatic carbocycles. The summed E-state index contributed by atoms with van der Waals surface area (Å²) in [5.41, 5.74) is 1.12. The van der Waals surface area contributed by atoms with Gasteiger partial charge in [0.2, 0.25) is 5.91 Å². The lowest BCUT2D eigenvalue weighted by atomic mass is 10.1. The number of carbonyl (C=O) groups is 1. The van der Waals surface area contributed by atoms with Gasteiger partial charge in [-0.3, -0.25) is 4.79 Å². The number of carbonyl (C=O) groups excluding carboxylic acids is 1. The third kappa shape index (κ3) is 4.95. The molecule has 5 nitrogen and oxygen atoms in total. The summed E-state index contributed by atoms with van der Waals surface area (Å²) in [6.07, 6.45) is 2.35. The van der Waals surface area contributed by atoms with Crippen LogP contribution in [0.15, 0.2) is 28.4 Å². The van der Waals surface area contributed by atoms with E-state index in [0.717, 1.165) is 6.42 Å². The van der Waals surface area contributed by atoms with Crippen LogP contribution in [0.4, 0.5) is 4.39 Å². The number of ether oxygens (including phenoxy) is 1. The molecule has 112 valence electrons. The van der Waals surface area contributed by atoms with Crippen LogP contribution >= 0.6 is 11.8 Å². The van der Waals surface area contributed by atoms with Crippen molar-refractivity contribution in [2.24, 2.45) is 10.2 Å². The van der Waals surface area contributed by atoms with E-state index in [0.29, 0.717) is 28.7 Å². The summed E-state index contributed by atoms with van der Waals surface area (Å²) in [6.45, 7) is 2.88. The Hall–Kier alpha value is -1.73. The largest absolute Gasteiger partial charge is 0.377 e. The minimum atomic E-state index is -0.328. The van der Waals surface area contributed by atoms with Crippen LogP contribution in [0.3, 0.4) is 0 Å². The van der Waals surface area contributed by atoms with Crippen molar-refractivity contribution in [1.82, 2.24) is 5.32 Å². The molecule has 0 unspecified atom stereocenters. The molecule has 1 aliphatic rings. The van der Waals surface area contributed by atoms with Crippen LogP contribution in [0.1, 0.15) is 24.5 Å². The molecular formula is C14H16FN3O2S. The van der Waals surface area contributed by atoms with Gasteiger partial charge in [-0.2, -0.15) is 5.10 Å². The van der Waals surface area contributed by atoms with Gasteiger partial charge in [0.1, 0.15) is 5.82 Å². The lowest BCUT2D eigenvalue weighted by Gasteiger charge is -2.04. The maximum Gasteiger partial charge on any atom is 0.236 e. The number of hydrogen-bond donors (Lipinski definition) is 1. The predicted octanol–water partition coefficient (Wildman–Crippen LogP) is 2.31. The van der Waals surface area contributed by atoms with E-state index >= 15 is 0 Å². The SMILES string of the molecule is CCCOCc1ccc(C=NN=C2NC(=O)CS2)cc1F. The fraction of sp³-hybridized carbons (Fsp3) is 0.357. The molecule has 2 rings (SSSR count). The Morgan fingerprint density at radius 3 is 3.05 bits per heavy atom. The number of nitrogens with zero attached hydrogens (tertiary/aromatic N) is 2. The van der Waals surface area contributed by atoms with Gasteiger partial charge in [0, 0.05) is 12.2 Å². The number of hydrogen-bond acceptors (Lipinski definition) is 5. The van der Waals surface area contributed by atoms with Crippen molar-refractivity contribution in [3.05, 3.63) is 35.1 Å². The Kier molecular flexibility index (Phi) is 5.89. The van der Waals surface area contributed by atoms with Crippen LogP contribution in [0.25, 0.3) is 0 Å². The lowest BCUT2D eigenvalue weighted by Crippen LogP contribution is -2.19. The Labute approximate surface area is 126 Å². The second kappa shape index (κ2) is 7.90. The standard InChI is InChI=1S/C14H16FN3O2S/c1-2-5-20-8-11-4-3-10(6-12(11)15)7-16-18-14-17-13(19)9-21-14/h3-4,6-7H,2,5,8-9H2,1H3,(H,17,18,19). The Morgan fingerprint density at radius 2 is 2.38 bits per heavy atom. The first-order chi connectivity index (χ1) is 10.2. The predicted molar refractivity (Wildman–Crippen MR) is 82.0 cm³/mol. The molecule has 0 spiro atoms. The molecule has 1 fully saturated rings. The summed E-state index contributed by atoms with van der Waals surface area (Å²) < 4.78 is 19.1. The first-order valence-corrected chi connectivity index (χ1v) is 7.57. The van der Waals surface area contributed by atoms with Gasteiger partial charge < -0.3 is 10.1 Å². The molecular weight excluding hydrogens is 293 g/mol. The summed E-state index contributed by atoms with van der Waals surface area (Å²) >= 11 is 1.29. The van der Waals surface area contributed by atoms with Crippen LogP contribution in [0.2, 0.25) is 0 Å². The van der Waals surface area contributed by atoms with Crippen LogP contribution in [0.5, 0.6) is 0 Å². The highest BCUT2D eigenvalue weighted by Crippen LogP contribution is 2.12. The second-order valence-electron chi connectivity index (χ2n) is 4.39. The zero-order valence-electron chi connectivity index (χ0n) is 11.6. The number of thioether (sulfide) groups is 1. The summed E-state index contributed by atoms with van der Waals surface area (Å²) in [4.78, 5) is 11.0. The third-order valence-electron chi connectivity index (χ3n) is 2.62. The second-order valence-corrected chi connectivity index (χ2v) is 5.35. The molecule has 0 aromatic heterocycles. The lowest BCUT2D eigenvalue weighted by molar-refractivity contribution is -0.116. The summed E-state index contributed by atoms with van der Waals surface area (Å²) in [5.74, 6) is -0.0576. The minimum absolute atomic E-state index is 0.0866. The van der Waals surface area contributed by atoms with Crippen LogP contribution in [-0.2, 0) is 16.1 Å². The molecule has 7 heteroatoms. The van der Waals surface area contributed by atoms with Crippen molar-refractivity contribution in [2.75, 3.05) is 12.4 Å². The highest BCUT2D eigenvalue weighted by atomic mass is 32.2. The monoisotopic (exact) mass is 309 g/mol. The van der Waals surface area contributed by atoms with E-state index in [1.807, 2.05) is 6.92 Å². The van der Waals surface area contributed by atoms with Gasteiger partial charge >= 0.3 is 0 Å². The number of nitrogens with one attached hydrogen (secondary N) is 1. The van der Waals surface area contributed by atoms with Gasteiger partial charge in [0.15, 0.2) is 5.17 Å². The Bertz CT molecular complexity index is 575. The van der Waals surface area contributed by atoms with Gasteiger partial charge in [0.05, 0.1) is 18.6 Å². The molecule has 1 saturated heterocycles. The Morgan fingerprint density at radius 1 is 1.52 bits per heavy atom. The number of amidine groups is 1. The fourth-order valence-corrected chi connectivity index (χ4v) is 2.25. The van der Waals surface area contributed by atoms with Crippen LogP contribution < -0.4 is 5.32 Å². The van der Waals surface area contributed by atoms with Crippen molar-refractivity contribution in [3.63, 3.8) is 0 Å². The van der Waals surface area contributed by atoms with Crippen molar-refractivity contribution in [2.45, 2.75) is 20.0 Å². The summed E-state index contributed by atoms with van der Waals surface area (Å²) in [5, 5.41) is 10.7. The maximum absolute atomic E-state index is 13.8. The molecule has 1 aliphatic heterocycles. The number of benzene rings is 1. The maximum atomic E-state index is 13.8.